The van der Waals surface area contributed by atoms with Crippen LogP contribution in [0.5, 0.6) is 5.75 Å². The zero-order valence-corrected chi connectivity index (χ0v) is 17.8. The molecule has 0 fully saturated rings. The summed E-state index contributed by atoms with van der Waals surface area (Å²) < 4.78 is 28.7. The van der Waals surface area contributed by atoms with E-state index in [-0.39, 0.29) is 29.4 Å². The van der Waals surface area contributed by atoms with Crippen molar-refractivity contribution in [3.05, 3.63) is 51.2 Å². The molecule has 0 bridgehead atoms. The van der Waals surface area contributed by atoms with Gasteiger partial charge in [0, 0.05) is 31.6 Å². The van der Waals surface area contributed by atoms with Crippen LogP contribution in [0.15, 0.2) is 35.0 Å². The van der Waals surface area contributed by atoms with Crippen LogP contribution in [0.4, 0.5) is 8.78 Å². The van der Waals surface area contributed by atoms with Gasteiger partial charge in [0.2, 0.25) is 5.43 Å². The molecule has 1 amide bonds. The molecule has 1 aliphatic carbocycles. The summed E-state index contributed by atoms with van der Waals surface area (Å²) in [7, 11) is 0. The molecule has 2 atom stereocenters. The minimum atomic E-state index is -1.47. The monoisotopic (exact) mass is 449 g/mol. The summed E-state index contributed by atoms with van der Waals surface area (Å²) in [4.78, 5) is 25.6. The van der Waals surface area contributed by atoms with E-state index in [1.165, 1.54) is 27.9 Å². The van der Waals surface area contributed by atoms with E-state index < -0.39 is 35.0 Å². The third-order valence-electron chi connectivity index (χ3n) is 5.35. The molecule has 0 spiro atoms. The summed E-state index contributed by atoms with van der Waals surface area (Å²) in [6.45, 7) is 4.98. The Morgan fingerprint density at radius 1 is 1.26 bits per heavy atom. The van der Waals surface area contributed by atoms with Crippen LogP contribution in [0.1, 0.15) is 29.3 Å². The standard InChI is InChI=1S/C20H21F2N5O3S/c1-3-26-10-25-9-13(17(28)18(29)16(25)20(30)27(26)4-2)19-24-23-15(31-19)7-11-5-6-12(21)8-14(11)22/h5-6,8-9,11,14,29H,3-4,7,10H2,1-2H3. The van der Waals surface area contributed by atoms with Crippen LogP contribution in [0.2, 0.25) is 0 Å². The Hall–Kier alpha value is -2.92. The number of nitrogens with zero attached hydrogens (tertiary/aromatic N) is 5. The molecule has 2 aliphatic rings. The maximum atomic E-state index is 14.0. The van der Waals surface area contributed by atoms with E-state index in [2.05, 4.69) is 10.2 Å². The molecule has 3 heterocycles. The van der Waals surface area contributed by atoms with Crippen molar-refractivity contribution in [2.24, 2.45) is 5.92 Å². The van der Waals surface area contributed by atoms with Gasteiger partial charge in [-0.25, -0.2) is 8.78 Å². The molecule has 1 N–H and O–H groups in total. The second kappa shape index (κ2) is 8.31. The number of hydrogen-bond donors (Lipinski definition) is 1. The van der Waals surface area contributed by atoms with Crippen molar-refractivity contribution in [2.75, 3.05) is 13.1 Å². The number of hydrazine groups is 1. The smallest absolute Gasteiger partial charge is 0.288 e. The number of aromatic hydroxyl groups is 1. The van der Waals surface area contributed by atoms with Crippen LogP contribution in [0, 0.1) is 5.92 Å². The number of halogens is 2. The van der Waals surface area contributed by atoms with Crippen LogP contribution >= 0.6 is 11.3 Å². The predicted molar refractivity (Wildman–Crippen MR) is 111 cm³/mol. The molecule has 2 unspecified atom stereocenters. The van der Waals surface area contributed by atoms with Crippen LogP contribution in [0.3, 0.4) is 0 Å². The zero-order chi connectivity index (χ0) is 22.3. The van der Waals surface area contributed by atoms with Crippen LogP contribution in [-0.2, 0) is 13.1 Å². The van der Waals surface area contributed by atoms with Crippen molar-refractivity contribution in [3.8, 4) is 16.3 Å². The fraction of sp³-hybridized carbons (Fsp3) is 0.400. The summed E-state index contributed by atoms with van der Waals surface area (Å²) in [6, 6.07) is 0. The van der Waals surface area contributed by atoms with E-state index in [1.54, 1.807) is 5.01 Å². The molecule has 2 aromatic rings. The number of allylic oxidation sites excluding steroid dienone is 4. The third kappa shape index (κ3) is 3.79. The SMILES string of the molecule is CCN1Cn2cc(-c3nnc(CC4C=CC(F)=CC4F)s3)c(=O)c(O)c2C(=O)N1CC. The first-order valence-electron chi connectivity index (χ1n) is 9.89. The Balaban J connectivity index is 1.66. The Morgan fingerprint density at radius 3 is 2.71 bits per heavy atom. The van der Waals surface area contributed by atoms with Gasteiger partial charge in [-0.05, 0) is 19.1 Å². The number of hydrogen-bond acceptors (Lipinski definition) is 7. The molecule has 164 valence electrons. The van der Waals surface area contributed by atoms with Crippen LogP contribution < -0.4 is 5.43 Å². The summed E-state index contributed by atoms with van der Waals surface area (Å²) in [5, 5.41) is 22.6. The van der Waals surface area contributed by atoms with E-state index in [0.717, 1.165) is 17.4 Å². The Morgan fingerprint density at radius 2 is 2.03 bits per heavy atom. The molecule has 1 aliphatic heterocycles. The second-order valence-electron chi connectivity index (χ2n) is 7.25. The van der Waals surface area contributed by atoms with Gasteiger partial charge in [0.15, 0.2) is 16.5 Å². The average molecular weight is 449 g/mol. The number of amides is 1. The quantitative estimate of drug-likeness (QED) is 0.755. The highest BCUT2D eigenvalue weighted by molar-refractivity contribution is 7.14. The minimum absolute atomic E-state index is 0.0635. The van der Waals surface area contributed by atoms with Crippen molar-refractivity contribution in [1.82, 2.24) is 24.8 Å². The maximum Gasteiger partial charge on any atom is 0.288 e. The highest BCUT2D eigenvalue weighted by Gasteiger charge is 2.33. The van der Waals surface area contributed by atoms with Crippen molar-refractivity contribution in [3.63, 3.8) is 0 Å². The maximum absolute atomic E-state index is 14.0. The Bertz CT molecular complexity index is 1140. The third-order valence-corrected chi connectivity index (χ3v) is 6.33. The molecule has 0 saturated carbocycles. The fourth-order valence-electron chi connectivity index (χ4n) is 3.74. The van der Waals surface area contributed by atoms with Crippen LogP contribution in [-0.4, -0.2) is 55.1 Å². The van der Waals surface area contributed by atoms with Gasteiger partial charge in [-0.3, -0.25) is 14.6 Å². The highest BCUT2D eigenvalue weighted by Crippen LogP contribution is 2.30. The van der Waals surface area contributed by atoms with E-state index in [9.17, 15) is 23.5 Å². The van der Waals surface area contributed by atoms with E-state index in [4.69, 9.17) is 0 Å². The molecule has 11 heteroatoms. The van der Waals surface area contributed by atoms with Gasteiger partial charge in [-0.2, -0.15) is 5.01 Å². The normalized spacial score (nSPS) is 21.4. The first kappa shape index (κ1) is 21.3. The van der Waals surface area contributed by atoms with E-state index >= 15 is 0 Å². The second-order valence-corrected chi connectivity index (χ2v) is 8.31. The molecule has 8 nitrogen and oxygen atoms in total. The molecule has 0 saturated heterocycles. The zero-order valence-electron chi connectivity index (χ0n) is 17.0. The highest BCUT2D eigenvalue weighted by atomic mass is 32.1. The van der Waals surface area contributed by atoms with Gasteiger partial charge in [-0.15, -0.1) is 10.2 Å². The molecular formula is C20H21F2N5O3S. The first-order chi connectivity index (χ1) is 14.8. The lowest BCUT2D eigenvalue weighted by Crippen LogP contribution is -2.52. The lowest BCUT2D eigenvalue weighted by Gasteiger charge is -2.39. The number of carbonyl (C=O) groups is 1. The van der Waals surface area contributed by atoms with Crippen molar-refractivity contribution in [2.45, 2.75) is 33.1 Å². The number of alkyl halides is 1. The predicted octanol–water partition coefficient (Wildman–Crippen LogP) is 2.66. The number of pyridine rings is 1. The summed E-state index contributed by atoms with van der Waals surface area (Å²) >= 11 is 1.10. The van der Waals surface area contributed by atoms with Crippen molar-refractivity contribution >= 4 is 17.2 Å². The van der Waals surface area contributed by atoms with Gasteiger partial charge in [0.1, 0.15) is 17.0 Å². The Labute approximate surface area is 180 Å². The molecule has 0 radical (unpaired) electrons. The first-order valence-corrected chi connectivity index (χ1v) is 10.7. The van der Waals surface area contributed by atoms with Gasteiger partial charge in [-0.1, -0.05) is 24.3 Å². The molecule has 0 aromatic carbocycles. The summed E-state index contributed by atoms with van der Waals surface area (Å²) in [6.07, 6.45) is 3.80. The van der Waals surface area contributed by atoms with Gasteiger partial charge >= 0.3 is 0 Å². The minimum Gasteiger partial charge on any atom is -0.503 e. The lowest BCUT2D eigenvalue weighted by atomic mass is 9.95. The molecule has 31 heavy (non-hydrogen) atoms. The topological polar surface area (TPSA) is 91.6 Å². The van der Waals surface area contributed by atoms with E-state index in [0.29, 0.717) is 18.1 Å². The largest absolute Gasteiger partial charge is 0.503 e. The number of aromatic nitrogens is 3. The number of fused-ring (bicyclic) bond motifs is 1. The molecule has 4 rings (SSSR count). The van der Waals surface area contributed by atoms with Gasteiger partial charge in [0.05, 0.1) is 12.2 Å². The van der Waals surface area contributed by atoms with Gasteiger partial charge in [0.25, 0.3) is 5.91 Å². The Kier molecular flexibility index (Phi) is 5.71. The van der Waals surface area contributed by atoms with Crippen molar-refractivity contribution < 1.29 is 18.7 Å². The fourth-order valence-corrected chi connectivity index (χ4v) is 4.65. The summed E-state index contributed by atoms with van der Waals surface area (Å²) in [5.74, 6) is -2.27. The molecule has 2 aromatic heterocycles. The number of carbonyl (C=O) groups excluding carboxylic acids is 1. The van der Waals surface area contributed by atoms with Crippen molar-refractivity contribution in [1.29, 1.82) is 0 Å². The van der Waals surface area contributed by atoms with Gasteiger partial charge < -0.3 is 9.67 Å². The average Bonchev–Trinajstić information content (AvgIpc) is 3.20. The van der Waals surface area contributed by atoms with Crippen LogP contribution in [0.25, 0.3) is 10.6 Å². The number of rotatable bonds is 5. The van der Waals surface area contributed by atoms with E-state index in [1.807, 2.05) is 13.8 Å². The lowest BCUT2D eigenvalue weighted by molar-refractivity contribution is -0.0378. The molecular weight excluding hydrogens is 428 g/mol. The summed E-state index contributed by atoms with van der Waals surface area (Å²) in [5.41, 5.74) is -0.665.